The number of benzene rings is 1. The van der Waals surface area contributed by atoms with E-state index in [4.69, 9.17) is 0 Å². The van der Waals surface area contributed by atoms with Crippen LogP contribution >= 0.6 is 0 Å². The quantitative estimate of drug-likeness (QED) is 0.740. The molecular formula is C15H20O2. The minimum absolute atomic E-state index is 0.143. The fourth-order valence-corrected chi connectivity index (χ4v) is 2.17. The first-order valence-corrected chi connectivity index (χ1v) is 6.11. The zero-order chi connectivity index (χ0) is 13.2. The number of Topliss-reactive ketones (excluding diaryl/α,β-unsaturated/α-hetero) is 2. The Labute approximate surface area is 103 Å². The molecule has 0 heterocycles. The van der Waals surface area contributed by atoms with E-state index in [9.17, 15) is 9.59 Å². The fourth-order valence-electron chi connectivity index (χ4n) is 2.17. The van der Waals surface area contributed by atoms with Crippen molar-refractivity contribution in [1.29, 1.82) is 0 Å². The summed E-state index contributed by atoms with van der Waals surface area (Å²) in [6.07, 6.45) is 1.00. The number of hydrogen-bond donors (Lipinski definition) is 0. The van der Waals surface area contributed by atoms with Gasteiger partial charge in [0.2, 0.25) is 0 Å². The van der Waals surface area contributed by atoms with Gasteiger partial charge in [0.15, 0.2) is 11.6 Å². The van der Waals surface area contributed by atoms with Crippen molar-refractivity contribution in [3.63, 3.8) is 0 Å². The van der Waals surface area contributed by atoms with Gasteiger partial charge < -0.3 is 0 Å². The Balaban J connectivity index is 3.47. The van der Waals surface area contributed by atoms with Gasteiger partial charge in [-0.3, -0.25) is 9.59 Å². The standard InChI is InChI=1S/C15H20O2/c1-6-13(16)12-8-9(3)15(14(17)7-2)11(5)10(12)4/h8H,6-7H2,1-5H3. The van der Waals surface area contributed by atoms with E-state index in [1.54, 1.807) is 0 Å². The van der Waals surface area contributed by atoms with Crippen molar-refractivity contribution in [3.05, 3.63) is 33.9 Å². The normalized spacial score (nSPS) is 10.4. The summed E-state index contributed by atoms with van der Waals surface area (Å²) in [6.45, 7) is 9.47. The predicted octanol–water partition coefficient (Wildman–Crippen LogP) is 3.80. The molecule has 0 saturated heterocycles. The number of rotatable bonds is 4. The number of carbonyl (C=O) groups is 2. The summed E-state index contributed by atoms with van der Waals surface area (Å²) < 4.78 is 0. The maximum Gasteiger partial charge on any atom is 0.163 e. The maximum atomic E-state index is 11.9. The van der Waals surface area contributed by atoms with Crippen molar-refractivity contribution in [3.8, 4) is 0 Å². The molecule has 0 aliphatic carbocycles. The van der Waals surface area contributed by atoms with Crippen LogP contribution in [0.2, 0.25) is 0 Å². The van der Waals surface area contributed by atoms with Crippen molar-refractivity contribution in [2.45, 2.75) is 47.5 Å². The molecule has 0 N–H and O–H groups in total. The minimum Gasteiger partial charge on any atom is -0.294 e. The molecule has 0 bridgehead atoms. The molecule has 17 heavy (non-hydrogen) atoms. The van der Waals surface area contributed by atoms with E-state index < -0.39 is 0 Å². The van der Waals surface area contributed by atoms with Crippen molar-refractivity contribution in [2.24, 2.45) is 0 Å². The smallest absolute Gasteiger partial charge is 0.163 e. The molecular weight excluding hydrogens is 212 g/mol. The van der Waals surface area contributed by atoms with Crippen LogP contribution in [-0.2, 0) is 0 Å². The molecule has 0 unspecified atom stereocenters. The van der Waals surface area contributed by atoms with Crippen LogP contribution in [-0.4, -0.2) is 11.6 Å². The van der Waals surface area contributed by atoms with Gasteiger partial charge in [0.25, 0.3) is 0 Å². The first-order valence-electron chi connectivity index (χ1n) is 6.11. The summed E-state index contributed by atoms with van der Waals surface area (Å²) >= 11 is 0. The second kappa shape index (κ2) is 5.26. The summed E-state index contributed by atoms with van der Waals surface area (Å²) in [5, 5.41) is 0. The SMILES string of the molecule is CCC(=O)c1cc(C)c(C(=O)CC)c(C)c1C. The largest absolute Gasteiger partial charge is 0.294 e. The lowest BCUT2D eigenvalue weighted by Gasteiger charge is -2.14. The van der Waals surface area contributed by atoms with Gasteiger partial charge in [0.05, 0.1) is 0 Å². The molecule has 2 nitrogen and oxygen atoms in total. The molecule has 1 aromatic rings. The van der Waals surface area contributed by atoms with E-state index >= 15 is 0 Å². The molecule has 0 radical (unpaired) electrons. The van der Waals surface area contributed by atoms with Crippen molar-refractivity contribution in [2.75, 3.05) is 0 Å². The highest BCUT2D eigenvalue weighted by Crippen LogP contribution is 2.24. The van der Waals surface area contributed by atoms with E-state index in [-0.39, 0.29) is 11.6 Å². The molecule has 0 amide bonds. The molecule has 0 atom stereocenters. The second-order valence-corrected chi connectivity index (χ2v) is 4.42. The summed E-state index contributed by atoms with van der Waals surface area (Å²) in [7, 11) is 0. The topological polar surface area (TPSA) is 34.1 Å². The molecule has 0 aliphatic heterocycles. The third-order valence-corrected chi connectivity index (χ3v) is 3.32. The average Bonchev–Trinajstić information content (AvgIpc) is 2.32. The molecule has 0 saturated carbocycles. The van der Waals surface area contributed by atoms with Gasteiger partial charge in [-0.15, -0.1) is 0 Å². The molecule has 0 fully saturated rings. The predicted molar refractivity (Wildman–Crippen MR) is 69.9 cm³/mol. The summed E-state index contributed by atoms with van der Waals surface area (Å²) in [5.74, 6) is 0.294. The highest BCUT2D eigenvalue weighted by atomic mass is 16.1. The third kappa shape index (κ3) is 2.46. The Bertz CT molecular complexity index is 470. The zero-order valence-electron chi connectivity index (χ0n) is 11.3. The van der Waals surface area contributed by atoms with Gasteiger partial charge >= 0.3 is 0 Å². The second-order valence-electron chi connectivity index (χ2n) is 4.42. The Morgan fingerprint density at radius 1 is 0.941 bits per heavy atom. The van der Waals surface area contributed by atoms with Crippen LogP contribution in [0.3, 0.4) is 0 Å². The van der Waals surface area contributed by atoms with Crippen LogP contribution in [0.25, 0.3) is 0 Å². The van der Waals surface area contributed by atoms with Crippen molar-refractivity contribution < 1.29 is 9.59 Å². The first kappa shape index (κ1) is 13.6. The van der Waals surface area contributed by atoms with Crippen LogP contribution in [0.5, 0.6) is 0 Å². The van der Waals surface area contributed by atoms with Crippen LogP contribution in [0.15, 0.2) is 6.07 Å². The monoisotopic (exact) mass is 232 g/mol. The number of ketones is 2. The highest BCUT2D eigenvalue weighted by Gasteiger charge is 2.17. The van der Waals surface area contributed by atoms with Gasteiger partial charge in [0.1, 0.15) is 0 Å². The van der Waals surface area contributed by atoms with Crippen molar-refractivity contribution in [1.82, 2.24) is 0 Å². The van der Waals surface area contributed by atoms with Gasteiger partial charge in [-0.2, -0.15) is 0 Å². The maximum absolute atomic E-state index is 11.9. The molecule has 92 valence electrons. The summed E-state index contributed by atoms with van der Waals surface area (Å²) in [5.41, 5.74) is 4.36. The number of aryl methyl sites for hydroxylation is 1. The van der Waals surface area contributed by atoms with Crippen LogP contribution in [0.1, 0.15) is 64.1 Å². The Kier molecular flexibility index (Phi) is 4.22. The van der Waals surface area contributed by atoms with E-state index in [1.165, 1.54) is 0 Å². The summed E-state index contributed by atoms with van der Waals surface area (Å²) in [4.78, 5) is 23.7. The first-order chi connectivity index (χ1) is 7.93. The van der Waals surface area contributed by atoms with Gasteiger partial charge in [0, 0.05) is 24.0 Å². The molecule has 0 aromatic heterocycles. The third-order valence-electron chi connectivity index (χ3n) is 3.32. The Hall–Kier alpha value is -1.44. The number of carbonyl (C=O) groups excluding carboxylic acids is 2. The molecule has 0 spiro atoms. The Morgan fingerprint density at radius 2 is 1.47 bits per heavy atom. The molecule has 1 rings (SSSR count). The van der Waals surface area contributed by atoms with E-state index in [2.05, 4.69) is 0 Å². The van der Waals surface area contributed by atoms with Gasteiger partial charge in [-0.1, -0.05) is 13.8 Å². The lowest BCUT2D eigenvalue weighted by Crippen LogP contribution is -2.09. The van der Waals surface area contributed by atoms with E-state index in [1.807, 2.05) is 40.7 Å². The molecule has 1 aromatic carbocycles. The summed E-state index contributed by atoms with van der Waals surface area (Å²) in [6, 6.07) is 1.86. The highest BCUT2D eigenvalue weighted by molar-refractivity contribution is 6.03. The zero-order valence-corrected chi connectivity index (χ0v) is 11.3. The van der Waals surface area contributed by atoms with Crippen LogP contribution in [0.4, 0.5) is 0 Å². The van der Waals surface area contributed by atoms with E-state index in [0.717, 1.165) is 27.8 Å². The lowest BCUT2D eigenvalue weighted by molar-refractivity contribution is 0.0975. The Morgan fingerprint density at radius 3 is 1.94 bits per heavy atom. The van der Waals surface area contributed by atoms with Crippen LogP contribution < -0.4 is 0 Å². The fraction of sp³-hybridized carbons (Fsp3) is 0.467. The van der Waals surface area contributed by atoms with Crippen LogP contribution in [0, 0.1) is 20.8 Å². The van der Waals surface area contributed by atoms with Crippen molar-refractivity contribution >= 4 is 11.6 Å². The van der Waals surface area contributed by atoms with Gasteiger partial charge in [-0.25, -0.2) is 0 Å². The van der Waals surface area contributed by atoms with E-state index in [0.29, 0.717) is 12.8 Å². The number of hydrogen-bond acceptors (Lipinski definition) is 2. The molecule has 2 heteroatoms. The van der Waals surface area contributed by atoms with Gasteiger partial charge in [-0.05, 0) is 43.5 Å². The minimum atomic E-state index is 0.143. The average molecular weight is 232 g/mol. The lowest BCUT2D eigenvalue weighted by atomic mass is 9.89. The molecule has 0 aliphatic rings.